The zero-order valence-electron chi connectivity index (χ0n) is 10.0. The number of hydrogen-bond donors (Lipinski definition) is 2. The van der Waals surface area contributed by atoms with Crippen LogP contribution in [0, 0.1) is 0 Å². The molecular formula is C13H14N2O3. The minimum Gasteiger partial charge on any atom is -0.481 e. The van der Waals surface area contributed by atoms with Crippen LogP contribution in [0.15, 0.2) is 30.5 Å². The van der Waals surface area contributed by atoms with Gasteiger partial charge in [0.1, 0.15) is 0 Å². The lowest BCUT2D eigenvalue weighted by Crippen LogP contribution is -2.28. The van der Waals surface area contributed by atoms with Crippen molar-refractivity contribution in [1.29, 1.82) is 0 Å². The molecule has 0 radical (unpaired) electrons. The van der Waals surface area contributed by atoms with E-state index in [9.17, 15) is 9.59 Å². The minimum absolute atomic E-state index is 0.0470. The second-order valence-electron chi connectivity index (χ2n) is 4.15. The third-order valence-corrected chi connectivity index (χ3v) is 2.81. The Morgan fingerprint density at radius 3 is 2.83 bits per heavy atom. The summed E-state index contributed by atoms with van der Waals surface area (Å²) in [5.74, 6) is -1.07. The Morgan fingerprint density at radius 1 is 1.33 bits per heavy atom. The fraction of sp³-hybridized carbons (Fsp3) is 0.231. The molecule has 0 bridgehead atoms. The van der Waals surface area contributed by atoms with E-state index in [4.69, 9.17) is 5.11 Å². The zero-order valence-corrected chi connectivity index (χ0v) is 10.0. The number of hydrogen-bond acceptors (Lipinski definition) is 2. The normalized spacial score (nSPS) is 10.5. The first-order valence-electron chi connectivity index (χ1n) is 5.62. The summed E-state index contributed by atoms with van der Waals surface area (Å²) in [7, 11) is 1.60. The van der Waals surface area contributed by atoms with Gasteiger partial charge in [0.2, 0.25) is 0 Å². The van der Waals surface area contributed by atoms with Gasteiger partial charge in [0.05, 0.1) is 6.42 Å². The number of amides is 1. The monoisotopic (exact) mass is 246 g/mol. The lowest BCUT2D eigenvalue weighted by molar-refractivity contribution is -0.137. The van der Waals surface area contributed by atoms with E-state index >= 15 is 0 Å². The molecule has 0 aliphatic carbocycles. The molecule has 2 N–H and O–H groups in total. The number of carboxylic acids is 1. The number of aliphatic carboxylic acids is 1. The predicted octanol–water partition coefficient (Wildman–Crippen LogP) is 1.71. The summed E-state index contributed by atoms with van der Waals surface area (Å²) < 4.78 is 0. The van der Waals surface area contributed by atoms with Crippen LogP contribution in [0.25, 0.3) is 10.9 Å². The summed E-state index contributed by atoms with van der Waals surface area (Å²) in [5.41, 5.74) is 1.54. The lowest BCUT2D eigenvalue weighted by atomic mass is 10.1. The number of aromatic nitrogens is 1. The molecule has 94 valence electrons. The van der Waals surface area contributed by atoms with Gasteiger partial charge in [0, 0.05) is 36.3 Å². The van der Waals surface area contributed by atoms with Crippen LogP contribution in [0.1, 0.15) is 16.8 Å². The van der Waals surface area contributed by atoms with E-state index in [2.05, 4.69) is 4.98 Å². The zero-order chi connectivity index (χ0) is 13.1. The molecule has 0 atom stereocenters. The minimum atomic E-state index is -0.907. The number of carbonyl (C=O) groups is 2. The molecule has 0 aliphatic rings. The van der Waals surface area contributed by atoms with Gasteiger partial charge in [-0.05, 0) is 24.3 Å². The summed E-state index contributed by atoms with van der Waals surface area (Å²) in [6.45, 7) is 0.208. The molecule has 0 spiro atoms. The van der Waals surface area contributed by atoms with Crippen LogP contribution in [0.4, 0.5) is 0 Å². The standard InChI is InChI=1S/C13H14N2O3/c1-15(7-5-12(16)17)13(18)10-2-3-11-9(8-10)4-6-14-11/h2-4,6,8,14H,5,7H2,1H3,(H,16,17). The first-order valence-corrected chi connectivity index (χ1v) is 5.62. The third-order valence-electron chi connectivity index (χ3n) is 2.81. The number of H-pyrrole nitrogens is 1. The Balaban J connectivity index is 2.14. The largest absolute Gasteiger partial charge is 0.481 e. The maximum absolute atomic E-state index is 12.0. The molecule has 1 amide bonds. The fourth-order valence-corrected chi connectivity index (χ4v) is 1.77. The van der Waals surface area contributed by atoms with Gasteiger partial charge >= 0.3 is 5.97 Å². The summed E-state index contributed by atoms with van der Waals surface area (Å²) in [6.07, 6.45) is 1.77. The van der Waals surface area contributed by atoms with E-state index in [1.54, 1.807) is 19.2 Å². The number of rotatable bonds is 4. The first kappa shape index (κ1) is 12.2. The molecule has 5 heteroatoms. The van der Waals surface area contributed by atoms with Crippen molar-refractivity contribution < 1.29 is 14.7 Å². The van der Waals surface area contributed by atoms with Gasteiger partial charge in [-0.3, -0.25) is 9.59 Å². The summed E-state index contributed by atoms with van der Waals surface area (Å²) >= 11 is 0. The third kappa shape index (κ3) is 2.51. The number of carbonyl (C=O) groups excluding carboxylic acids is 1. The molecule has 0 aliphatic heterocycles. The van der Waals surface area contributed by atoms with Gasteiger partial charge in [0.15, 0.2) is 0 Å². The fourth-order valence-electron chi connectivity index (χ4n) is 1.77. The van der Waals surface area contributed by atoms with Crippen molar-refractivity contribution in [1.82, 2.24) is 9.88 Å². The lowest BCUT2D eigenvalue weighted by Gasteiger charge is -2.16. The molecule has 1 aromatic carbocycles. The molecule has 2 rings (SSSR count). The van der Waals surface area contributed by atoms with Crippen LogP contribution in [-0.4, -0.2) is 40.5 Å². The van der Waals surface area contributed by atoms with Gasteiger partial charge in [-0.15, -0.1) is 0 Å². The van der Waals surface area contributed by atoms with Gasteiger partial charge in [0.25, 0.3) is 5.91 Å². The molecule has 0 saturated carbocycles. The number of fused-ring (bicyclic) bond motifs is 1. The molecule has 0 unspecified atom stereocenters. The Bertz CT molecular complexity index is 589. The number of benzene rings is 1. The summed E-state index contributed by atoms with van der Waals surface area (Å²) in [5, 5.41) is 9.55. The smallest absolute Gasteiger partial charge is 0.305 e. The molecule has 18 heavy (non-hydrogen) atoms. The van der Waals surface area contributed by atoms with E-state index in [0.717, 1.165) is 10.9 Å². The van der Waals surface area contributed by atoms with E-state index in [1.807, 2.05) is 18.3 Å². The number of nitrogens with one attached hydrogen (secondary N) is 1. The molecule has 5 nitrogen and oxygen atoms in total. The van der Waals surface area contributed by atoms with Gasteiger partial charge in [-0.25, -0.2) is 0 Å². The van der Waals surface area contributed by atoms with Gasteiger partial charge in [-0.2, -0.15) is 0 Å². The van der Waals surface area contributed by atoms with Crippen molar-refractivity contribution in [3.63, 3.8) is 0 Å². The van der Waals surface area contributed by atoms with Crippen molar-refractivity contribution in [3.05, 3.63) is 36.0 Å². The number of aromatic amines is 1. The van der Waals surface area contributed by atoms with E-state index in [0.29, 0.717) is 5.56 Å². The van der Waals surface area contributed by atoms with Crippen molar-refractivity contribution in [2.45, 2.75) is 6.42 Å². The van der Waals surface area contributed by atoms with E-state index in [1.165, 1.54) is 4.90 Å². The first-order chi connectivity index (χ1) is 8.58. The highest BCUT2D eigenvalue weighted by molar-refractivity contribution is 5.98. The molecule has 1 aromatic heterocycles. The number of nitrogens with zero attached hydrogens (tertiary/aromatic N) is 1. The molecule has 1 heterocycles. The maximum atomic E-state index is 12.0. The maximum Gasteiger partial charge on any atom is 0.305 e. The quantitative estimate of drug-likeness (QED) is 0.862. The highest BCUT2D eigenvalue weighted by Crippen LogP contribution is 2.15. The predicted molar refractivity (Wildman–Crippen MR) is 67.5 cm³/mol. The van der Waals surface area contributed by atoms with Crippen molar-refractivity contribution in [2.75, 3.05) is 13.6 Å². The van der Waals surface area contributed by atoms with E-state index in [-0.39, 0.29) is 18.9 Å². The van der Waals surface area contributed by atoms with Crippen molar-refractivity contribution in [3.8, 4) is 0 Å². The molecule has 2 aromatic rings. The summed E-state index contributed by atoms with van der Waals surface area (Å²) in [4.78, 5) is 27.0. The van der Waals surface area contributed by atoms with Crippen molar-refractivity contribution in [2.24, 2.45) is 0 Å². The Kier molecular flexibility index (Phi) is 3.32. The number of carboxylic acid groups (broad SMARTS) is 1. The highest BCUT2D eigenvalue weighted by atomic mass is 16.4. The Labute approximate surface area is 104 Å². The average Bonchev–Trinajstić information content (AvgIpc) is 2.81. The van der Waals surface area contributed by atoms with Crippen molar-refractivity contribution >= 4 is 22.8 Å². The van der Waals surface area contributed by atoms with Crippen LogP contribution < -0.4 is 0 Å². The van der Waals surface area contributed by atoms with Crippen LogP contribution in [0.5, 0.6) is 0 Å². The molecular weight excluding hydrogens is 232 g/mol. The topological polar surface area (TPSA) is 73.4 Å². The second kappa shape index (κ2) is 4.91. The van der Waals surface area contributed by atoms with Crippen LogP contribution in [0.3, 0.4) is 0 Å². The molecule has 0 fully saturated rings. The SMILES string of the molecule is CN(CCC(=O)O)C(=O)c1ccc2[nH]ccc2c1. The highest BCUT2D eigenvalue weighted by Gasteiger charge is 2.13. The molecule has 0 saturated heterocycles. The second-order valence-corrected chi connectivity index (χ2v) is 4.15. The van der Waals surface area contributed by atoms with Crippen LogP contribution in [0.2, 0.25) is 0 Å². The van der Waals surface area contributed by atoms with E-state index < -0.39 is 5.97 Å². The van der Waals surface area contributed by atoms with Crippen LogP contribution >= 0.6 is 0 Å². The Hall–Kier alpha value is -2.30. The van der Waals surface area contributed by atoms with Gasteiger partial charge in [-0.1, -0.05) is 0 Å². The average molecular weight is 246 g/mol. The Morgan fingerprint density at radius 2 is 2.11 bits per heavy atom. The van der Waals surface area contributed by atoms with Gasteiger partial charge < -0.3 is 15.0 Å². The summed E-state index contributed by atoms with van der Waals surface area (Å²) in [6, 6.07) is 7.26. The van der Waals surface area contributed by atoms with Crippen LogP contribution in [-0.2, 0) is 4.79 Å².